The van der Waals surface area contributed by atoms with Gasteiger partial charge in [0.15, 0.2) is 0 Å². The molecule has 1 aromatic rings. The van der Waals surface area contributed by atoms with Gasteiger partial charge in [-0.2, -0.15) is 0 Å². The maximum absolute atomic E-state index is 4.43. The molecule has 1 aliphatic rings. The molecule has 1 aliphatic heterocycles. The standard InChI is InChI=1S/C17H31N3/c1-5-6-7-8-16(2,3)13-20-14-19-11-15(20)17(4)9-10-18-12-17/h11,14,18H,5-10,12-13H2,1-4H3. The molecule has 1 saturated heterocycles. The van der Waals surface area contributed by atoms with E-state index in [1.165, 1.54) is 37.8 Å². The van der Waals surface area contributed by atoms with Crippen LogP contribution in [0.2, 0.25) is 0 Å². The fourth-order valence-electron chi connectivity index (χ4n) is 3.38. The molecule has 1 unspecified atom stereocenters. The lowest BCUT2D eigenvalue weighted by Gasteiger charge is -2.30. The van der Waals surface area contributed by atoms with Gasteiger partial charge in [0.05, 0.1) is 6.33 Å². The molecule has 2 heterocycles. The molecule has 0 bridgehead atoms. The minimum Gasteiger partial charge on any atom is -0.333 e. The summed E-state index contributed by atoms with van der Waals surface area (Å²) in [5, 5.41) is 3.49. The molecule has 0 spiro atoms. The molecule has 114 valence electrons. The Balaban J connectivity index is 2.04. The van der Waals surface area contributed by atoms with Crippen LogP contribution in [0.15, 0.2) is 12.5 Å². The second-order valence-electron chi connectivity index (χ2n) is 7.52. The van der Waals surface area contributed by atoms with E-state index in [0.29, 0.717) is 5.41 Å². The Bertz CT molecular complexity index is 414. The van der Waals surface area contributed by atoms with Gasteiger partial charge in [-0.15, -0.1) is 0 Å². The largest absolute Gasteiger partial charge is 0.333 e. The molecule has 20 heavy (non-hydrogen) atoms. The maximum Gasteiger partial charge on any atom is 0.0948 e. The van der Waals surface area contributed by atoms with E-state index in [4.69, 9.17) is 0 Å². The lowest BCUT2D eigenvalue weighted by atomic mass is 9.84. The van der Waals surface area contributed by atoms with E-state index < -0.39 is 0 Å². The zero-order valence-corrected chi connectivity index (χ0v) is 13.7. The normalized spacial score (nSPS) is 23.4. The highest BCUT2D eigenvalue weighted by molar-refractivity contribution is 5.17. The van der Waals surface area contributed by atoms with E-state index in [0.717, 1.165) is 19.6 Å². The summed E-state index contributed by atoms with van der Waals surface area (Å²) in [6.45, 7) is 12.7. The zero-order chi connectivity index (χ0) is 14.6. The van der Waals surface area contributed by atoms with Crippen molar-refractivity contribution in [2.75, 3.05) is 13.1 Å². The molecule has 0 amide bonds. The van der Waals surface area contributed by atoms with E-state index in [2.05, 4.69) is 48.8 Å². The summed E-state index contributed by atoms with van der Waals surface area (Å²) in [7, 11) is 0. The van der Waals surface area contributed by atoms with Crippen molar-refractivity contribution < 1.29 is 0 Å². The molecule has 3 nitrogen and oxygen atoms in total. The fraction of sp³-hybridized carbons (Fsp3) is 0.824. The fourth-order valence-corrected chi connectivity index (χ4v) is 3.38. The first-order valence-electron chi connectivity index (χ1n) is 8.18. The molecule has 0 radical (unpaired) electrons. The van der Waals surface area contributed by atoms with Gasteiger partial charge >= 0.3 is 0 Å². The number of hydrogen-bond donors (Lipinski definition) is 1. The summed E-state index contributed by atoms with van der Waals surface area (Å²) in [5.41, 5.74) is 2.02. The van der Waals surface area contributed by atoms with Crippen LogP contribution in [-0.2, 0) is 12.0 Å². The van der Waals surface area contributed by atoms with Crippen LogP contribution in [0, 0.1) is 5.41 Å². The number of imidazole rings is 1. The molecule has 0 aliphatic carbocycles. The van der Waals surface area contributed by atoms with Crippen molar-refractivity contribution in [3.05, 3.63) is 18.2 Å². The summed E-state index contributed by atoms with van der Waals surface area (Å²) in [6, 6.07) is 0. The Morgan fingerprint density at radius 3 is 2.85 bits per heavy atom. The summed E-state index contributed by atoms with van der Waals surface area (Å²) in [4.78, 5) is 4.43. The second kappa shape index (κ2) is 6.30. The van der Waals surface area contributed by atoms with Gasteiger partial charge < -0.3 is 9.88 Å². The number of nitrogens with one attached hydrogen (secondary N) is 1. The van der Waals surface area contributed by atoms with E-state index in [9.17, 15) is 0 Å². The predicted octanol–water partition coefficient (Wildman–Crippen LogP) is 3.74. The number of nitrogens with zero attached hydrogens (tertiary/aromatic N) is 2. The predicted molar refractivity (Wildman–Crippen MR) is 85.0 cm³/mol. The maximum atomic E-state index is 4.43. The third-order valence-corrected chi connectivity index (χ3v) is 4.75. The monoisotopic (exact) mass is 277 g/mol. The lowest BCUT2D eigenvalue weighted by Crippen LogP contribution is -2.30. The average Bonchev–Trinajstić information content (AvgIpc) is 2.99. The Hall–Kier alpha value is -0.830. The van der Waals surface area contributed by atoms with Crippen LogP contribution in [0.4, 0.5) is 0 Å². The molecular formula is C17H31N3. The number of rotatable bonds is 7. The highest BCUT2D eigenvalue weighted by Crippen LogP contribution is 2.33. The smallest absolute Gasteiger partial charge is 0.0948 e. The van der Waals surface area contributed by atoms with Crippen molar-refractivity contribution in [1.29, 1.82) is 0 Å². The quantitative estimate of drug-likeness (QED) is 0.769. The number of hydrogen-bond acceptors (Lipinski definition) is 2. The van der Waals surface area contributed by atoms with Crippen LogP contribution < -0.4 is 5.32 Å². The Kier molecular flexibility index (Phi) is 4.90. The molecule has 3 heteroatoms. The van der Waals surface area contributed by atoms with Crippen LogP contribution in [0.25, 0.3) is 0 Å². The third-order valence-electron chi connectivity index (χ3n) is 4.75. The van der Waals surface area contributed by atoms with E-state index >= 15 is 0 Å². The molecule has 2 rings (SSSR count). The number of aromatic nitrogens is 2. The summed E-state index contributed by atoms with van der Waals surface area (Å²) in [6.07, 6.45) is 10.6. The molecular weight excluding hydrogens is 246 g/mol. The molecule has 1 aromatic heterocycles. The average molecular weight is 277 g/mol. The van der Waals surface area contributed by atoms with Crippen LogP contribution in [-0.4, -0.2) is 22.6 Å². The van der Waals surface area contributed by atoms with Gasteiger partial charge in [0.25, 0.3) is 0 Å². The van der Waals surface area contributed by atoms with Crippen molar-refractivity contribution in [1.82, 2.24) is 14.9 Å². The van der Waals surface area contributed by atoms with Gasteiger partial charge in [-0.1, -0.05) is 47.0 Å². The Labute approximate surface area is 124 Å². The first-order valence-corrected chi connectivity index (χ1v) is 8.18. The van der Waals surface area contributed by atoms with E-state index in [-0.39, 0.29) is 5.41 Å². The van der Waals surface area contributed by atoms with Crippen molar-refractivity contribution in [2.24, 2.45) is 5.41 Å². The van der Waals surface area contributed by atoms with Crippen LogP contribution in [0.1, 0.15) is 65.5 Å². The highest BCUT2D eigenvalue weighted by atomic mass is 15.1. The van der Waals surface area contributed by atoms with Gasteiger partial charge in [0, 0.05) is 30.4 Å². The molecule has 0 saturated carbocycles. The molecule has 1 N–H and O–H groups in total. The first kappa shape index (κ1) is 15.6. The van der Waals surface area contributed by atoms with Gasteiger partial charge in [0.1, 0.15) is 0 Å². The molecule has 1 atom stereocenters. The minimum absolute atomic E-state index is 0.260. The van der Waals surface area contributed by atoms with Crippen molar-refractivity contribution in [3.8, 4) is 0 Å². The summed E-state index contributed by atoms with van der Waals surface area (Å²) in [5.74, 6) is 0. The lowest BCUT2D eigenvalue weighted by molar-refractivity contribution is 0.262. The van der Waals surface area contributed by atoms with Crippen molar-refractivity contribution in [3.63, 3.8) is 0 Å². The Morgan fingerprint density at radius 2 is 2.20 bits per heavy atom. The topological polar surface area (TPSA) is 29.9 Å². The molecule has 0 aromatic carbocycles. The zero-order valence-electron chi connectivity index (χ0n) is 13.7. The van der Waals surface area contributed by atoms with Gasteiger partial charge in [-0.05, 0) is 24.8 Å². The SMILES string of the molecule is CCCCCC(C)(C)Cn1cncc1C1(C)CCNC1. The highest BCUT2D eigenvalue weighted by Gasteiger charge is 2.34. The number of unbranched alkanes of at least 4 members (excludes halogenated alkanes) is 2. The second-order valence-corrected chi connectivity index (χ2v) is 7.52. The first-order chi connectivity index (χ1) is 9.47. The minimum atomic E-state index is 0.260. The Morgan fingerprint density at radius 1 is 1.40 bits per heavy atom. The third kappa shape index (κ3) is 3.63. The van der Waals surface area contributed by atoms with Crippen molar-refractivity contribution >= 4 is 0 Å². The van der Waals surface area contributed by atoms with Crippen molar-refractivity contribution in [2.45, 2.75) is 71.8 Å². The summed E-state index contributed by atoms with van der Waals surface area (Å²) >= 11 is 0. The summed E-state index contributed by atoms with van der Waals surface area (Å²) < 4.78 is 2.40. The van der Waals surface area contributed by atoms with Gasteiger partial charge in [-0.25, -0.2) is 4.98 Å². The van der Waals surface area contributed by atoms with E-state index in [1.54, 1.807) is 0 Å². The van der Waals surface area contributed by atoms with E-state index in [1.807, 2.05) is 6.33 Å². The van der Waals surface area contributed by atoms with Crippen LogP contribution in [0.3, 0.4) is 0 Å². The molecule has 1 fully saturated rings. The van der Waals surface area contributed by atoms with Gasteiger partial charge in [-0.3, -0.25) is 0 Å². The van der Waals surface area contributed by atoms with Crippen LogP contribution >= 0.6 is 0 Å². The van der Waals surface area contributed by atoms with Gasteiger partial charge in [0.2, 0.25) is 0 Å². The van der Waals surface area contributed by atoms with Crippen LogP contribution in [0.5, 0.6) is 0 Å².